The number of carbonyl (C=O) groups is 1. The molecule has 0 spiro atoms. The molecule has 96 valence electrons. The standard InChI is InChI=1S/C15H12ClNO2/c16-13-6-4-10(15(18)19)8-12(13)11-5-3-9-2-1-7-17-14(9)11/h1-2,4,6-8,11H,3,5H2,(H,18,19). The van der Waals surface area contributed by atoms with Crippen LogP contribution in [0.3, 0.4) is 0 Å². The molecular formula is C15H12ClNO2. The molecule has 0 fully saturated rings. The second kappa shape index (κ2) is 4.67. The Kier molecular flexibility index (Phi) is 2.99. The van der Waals surface area contributed by atoms with Crippen molar-refractivity contribution in [1.29, 1.82) is 0 Å². The fourth-order valence-corrected chi connectivity index (χ4v) is 2.91. The summed E-state index contributed by atoms with van der Waals surface area (Å²) < 4.78 is 0. The molecule has 0 saturated heterocycles. The molecule has 0 saturated carbocycles. The number of aryl methyl sites for hydroxylation is 1. The zero-order valence-corrected chi connectivity index (χ0v) is 10.9. The molecule has 2 aromatic rings. The number of rotatable bonds is 2. The average molecular weight is 274 g/mol. The number of fused-ring (bicyclic) bond motifs is 1. The molecule has 1 N–H and O–H groups in total. The molecule has 0 radical (unpaired) electrons. The van der Waals surface area contributed by atoms with Crippen LogP contribution in [0.25, 0.3) is 0 Å². The van der Waals surface area contributed by atoms with Gasteiger partial charge in [-0.25, -0.2) is 4.79 Å². The molecule has 1 aromatic carbocycles. The first-order valence-electron chi connectivity index (χ1n) is 6.13. The fraction of sp³-hybridized carbons (Fsp3) is 0.200. The van der Waals surface area contributed by atoms with E-state index in [1.807, 2.05) is 6.07 Å². The highest BCUT2D eigenvalue weighted by Crippen LogP contribution is 2.39. The van der Waals surface area contributed by atoms with Crippen molar-refractivity contribution in [2.45, 2.75) is 18.8 Å². The van der Waals surface area contributed by atoms with Crippen molar-refractivity contribution in [1.82, 2.24) is 4.98 Å². The van der Waals surface area contributed by atoms with Gasteiger partial charge in [-0.1, -0.05) is 17.7 Å². The van der Waals surface area contributed by atoms with Gasteiger partial charge < -0.3 is 5.11 Å². The second-order valence-corrected chi connectivity index (χ2v) is 5.09. The van der Waals surface area contributed by atoms with Crippen LogP contribution in [0.4, 0.5) is 0 Å². The normalized spacial score (nSPS) is 17.2. The topological polar surface area (TPSA) is 50.2 Å². The van der Waals surface area contributed by atoms with E-state index in [-0.39, 0.29) is 11.5 Å². The molecular weight excluding hydrogens is 262 g/mol. The summed E-state index contributed by atoms with van der Waals surface area (Å²) in [5.74, 6) is -0.833. The van der Waals surface area contributed by atoms with Gasteiger partial charge in [0.15, 0.2) is 0 Å². The first-order valence-corrected chi connectivity index (χ1v) is 6.51. The predicted molar refractivity (Wildman–Crippen MR) is 72.8 cm³/mol. The minimum absolute atomic E-state index is 0.1000. The summed E-state index contributed by atoms with van der Waals surface area (Å²) in [6, 6.07) is 8.84. The van der Waals surface area contributed by atoms with Gasteiger partial charge in [0.1, 0.15) is 0 Å². The van der Waals surface area contributed by atoms with Gasteiger partial charge in [-0.05, 0) is 48.2 Å². The Balaban J connectivity index is 2.09. The number of hydrogen-bond donors (Lipinski definition) is 1. The largest absolute Gasteiger partial charge is 0.478 e. The zero-order valence-electron chi connectivity index (χ0n) is 10.1. The van der Waals surface area contributed by atoms with Gasteiger partial charge in [0.05, 0.1) is 11.3 Å². The number of hydrogen-bond acceptors (Lipinski definition) is 2. The Labute approximate surface area is 115 Å². The van der Waals surface area contributed by atoms with Crippen LogP contribution in [-0.4, -0.2) is 16.1 Å². The Morgan fingerprint density at radius 3 is 3.00 bits per heavy atom. The molecule has 1 heterocycles. The highest BCUT2D eigenvalue weighted by atomic mass is 35.5. The zero-order chi connectivity index (χ0) is 13.4. The van der Waals surface area contributed by atoms with E-state index in [4.69, 9.17) is 16.7 Å². The third kappa shape index (κ3) is 2.10. The van der Waals surface area contributed by atoms with Gasteiger partial charge in [-0.3, -0.25) is 4.98 Å². The maximum absolute atomic E-state index is 11.1. The summed E-state index contributed by atoms with van der Waals surface area (Å²) >= 11 is 6.23. The third-order valence-corrected chi connectivity index (χ3v) is 3.92. The van der Waals surface area contributed by atoms with E-state index in [2.05, 4.69) is 11.1 Å². The van der Waals surface area contributed by atoms with E-state index >= 15 is 0 Å². The van der Waals surface area contributed by atoms with Crippen molar-refractivity contribution in [3.8, 4) is 0 Å². The molecule has 4 heteroatoms. The number of nitrogens with zero attached hydrogens (tertiary/aromatic N) is 1. The number of aromatic nitrogens is 1. The van der Waals surface area contributed by atoms with Crippen LogP contribution in [0, 0.1) is 0 Å². The first kappa shape index (κ1) is 12.2. The second-order valence-electron chi connectivity index (χ2n) is 4.68. The minimum atomic E-state index is -0.933. The molecule has 1 aromatic heterocycles. The molecule has 1 aliphatic carbocycles. The summed E-state index contributed by atoms with van der Waals surface area (Å²) in [6.07, 6.45) is 3.66. The lowest BCUT2D eigenvalue weighted by molar-refractivity contribution is 0.0697. The molecule has 3 nitrogen and oxygen atoms in total. The van der Waals surface area contributed by atoms with Crippen LogP contribution in [0.15, 0.2) is 36.5 Å². The van der Waals surface area contributed by atoms with E-state index in [1.165, 1.54) is 11.6 Å². The van der Waals surface area contributed by atoms with Crippen LogP contribution in [0.2, 0.25) is 5.02 Å². The van der Waals surface area contributed by atoms with Crippen LogP contribution >= 0.6 is 11.6 Å². The Hall–Kier alpha value is -1.87. The van der Waals surface area contributed by atoms with Gasteiger partial charge in [0, 0.05) is 17.1 Å². The lowest BCUT2D eigenvalue weighted by atomic mass is 9.95. The van der Waals surface area contributed by atoms with Crippen LogP contribution in [0.1, 0.15) is 39.5 Å². The van der Waals surface area contributed by atoms with Gasteiger partial charge >= 0.3 is 5.97 Å². The molecule has 1 aliphatic rings. The average Bonchev–Trinajstić information content (AvgIpc) is 2.83. The van der Waals surface area contributed by atoms with Gasteiger partial charge in [0.2, 0.25) is 0 Å². The van der Waals surface area contributed by atoms with Crippen molar-refractivity contribution < 1.29 is 9.90 Å². The van der Waals surface area contributed by atoms with Crippen molar-refractivity contribution >= 4 is 17.6 Å². The molecule has 0 bridgehead atoms. The quantitative estimate of drug-likeness (QED) is 0.911. The smallest absolute Gasteiger partial charge is 0.335 e. The first-order chi connectivity index (χ1) is 9.16. The summed E-state index contributed by atoms with van der Waals surface area (Å²) in [4.78, 5) is 15.5. The van der Waals surface area contributed by atoms with Crippen LogP contribution < -0.4 is 0 Å². The summed E-state index contributed by atoms with van der Waals surface area (Å²) in [5, 5.41) is 9.68. The molecule has 3 rings (SSSR count). The lowest BCUT2D eigenvalue weighted by Crippen LogP contribution is -2.03. The van der Waals surface area contributed by atoms with Crippen LogP contribution in [-0.2, 0) is 6.42 Å². The highest BCUT2D eigenvalue weighted by Gasteiger charge is 2.27. The maximum atomic E-state index is 11.1. The number of pyridine rings is 1. The van der Waals surface area contributed by atoms with Crippen LogP contribution in [0.5, 0.6) is 0 Å². The maximum Gasteiger partial charge on any atom is 0.335 e. The fourth-order valence-electron chi connectivity index (χ4n) is 2.66. The van der Waals surface area contributed by atoms with E-state index in [1.54, 1.807) is 18.3 Å². The number of carboxylic acid groups (broad SMARTS) is 1. The number of aromatic carboxylic acids is 1. The van der Waals surface area contributed by atoms with Crippen molar-refractivity contribution in [3.05, 3.63) is 63.9 Å². The van der Waals surface area contributed by atoms with Gasteiger partial charge in [-0.15, -0.1) is 0 Å². The monoisotopic (exact) mass is 273 g/mol. The Morgan fingerprint density at radius 2 is 2.21 bits per heavy atom. The number of halogens is 1. The summed E-state index contributed by atoms with van der Waals surface area (Å²) in [6.45, 7) is 0. The molecule has 0 amide bonds. The molecule has 0 aliphatic heterocycles. The van der Waals surface area contributed by atoms with Crippen molar-refractivity contribution in [2.75, 3.05) is 0 Å². The molecule has 1 unspecified atom stereocenters. The Bertz CT molecular complexity index is 654. The predicted octanol–water partition coefficient (Wildman–Crippen LogP) is 3.51. The lowest BCUT2D eigenvalue weighted by Gasteiger charge is -2.13. The number of carboxylic acids is 1. The van der Waals surface area contributed by atoms with Gasteiger partial charge in [0.25, 0.3) is 0 Å². The van der Waals surface area contributed by atoms with E-state index in [9.17, 15) is 4.79 Å². The van der Waals surface area contributed by atoms with Crippen molar-refractivity contribution in [2.24, 2.45) is 0 Å². The molecule has 1 atom stereocenters. The Morgan fingerprint density at radius 1 is 1.37 bits per heavy atom. The SMILES string of the molecule is O=C(O)c1ccc(Cl)c(C2CCc3cccnc32)c1. The van der Waals surface area contributed by atoms with E-state index < -0.39 is 5.97 Å². The van der Waals surface area contributed by atoms with Gasteiger partial charge in [-0.2, -0.15) is 0 Å². The summed E-state index contributed by atoms with van der Waals surface area (Å²) in [7, 11) is 0. The van der Waals surface area contributed by atoms with E-state index in [0.29, 0.717) is 5.02 Å². The van der Waals surface area contributed by atoms with Crippen molar-refractivity contribution in [3.63, 3.8) is 0 Å². The third-order valence-electron chi connectivity index (χ3n) is 3.58. The minimum Gasteiger partial charge on any atom is -0.478 e. The molecule has 19 heavy (non-hydrogen) atoms. The number of benzene rings is 1. The highest BCUT2D eigenvalue weighted by molar-refractivity contribution is 6.31. The summed E-state index contributed by atoms with van der Waals surface area (Å²) in [5.41, 5.74) is 3.37. The van der Waals surface area contributed by atoms with E-state index in [0.717, 1.165) is 24.1 Å².